The Balaban J connectivity index is 1.92. The van der Waals surface area contributed by atoms with Gasteiger partial charge in [-0.05, 0) is 37.6 Å². The van der Waals surface area contributed by atoms with Gasteiger partial charge in [0.2, 0.25) is 0 Å². The third-order valence-electron chi connectivity index (χ3n) is 5.32. The minimum atomic E-state index is 0.514. The van der Waals surface area contributed by atoms with E-state index in [2.05, 4.69) is 39.6 Å². The fraction of sp³-hybridized carbons (Fsp3) is 1.00. The van der Waals surface area contributed by atoms with E-state index in [0.717, 1.165) is 6.04 Å². The maximum atomic E-state index is 3.83. The molecule has 20 heavy (non-hydrogen) atoms. The molecule has 3 heteroatoms. The Morgan fingerprint density at radius 1 is 1.05 bits per heavy atom. The molecule has 0 bridgehead atoms. The summed E-state index contributed by atoms with van der Waals surface area (Å²) in [5, 5.41) is 1.17. The first-order chi connectivity index (χ1) is 9.73. The van der Waals surface area contributed by atoms with Crippen LogP contribution in [0, 0.1) is 5.41 Å². The molecule has 2 nitrogen and oxygen atoms in total. The average Bonchev–Trinajstić information content (AvgIpc) is 2.47. The van der Waals surface area contributed by atoms with Crippen molar-refractivity contribution in [3.8, 4) is 0 Å². The minimum Gasteiger partial charge on any atom is -0.300 e. The highest BCUT2D eigenvalue weighted by atomic mass is 79.9. The molecule has 2 heterocycles. The molecule has 2 aliphatic heterocycles. The lowest BCUT2D eigenvalue weighted by Crippen LogP contribution is -2.56. The minimum absolute atomic E-state index is 0.514. The van der Waals surface area contributed by atoms with Crippen molar-refractivity contribution in [3.63, 3.8) is 0 Å². The molecule has 2 saturated heterocycles. The van der Waals surface area contributed by atoms with Crippen LogP contribution < -0.4 is 0 Å². The summed E-state index contributed by atoms with van der Waals surface area (Å²) in [4.78, 5) is 5.52. The van der Waals surface area contributed by atoms with E-state index in [0.29, 0.717) is 5.41 Å². The summed E-state index contributed by atoms with van der Waals surface area (Å²) in [7, 11) is 0. The van der Waals surface area contributed by atoms with Crippen molar-refractivity contribution < 1.29 is 0 Å². The molecule has 0 aromatic heterocycles. The molecule has 0 spiro atoms. The molecular formula is C17H33BrN2. The molecular weight excluding hydrogens is 312 g/mol. The second-order valence-electron chi connectivity index (χ2n) is 7.05. The second kappa shape index (κ2) is 8.14. The zero-order chi connectivity index (χ0) is 14.4. The summed E-state index contributed by atoms with van der Waals surface area (Å²) in [6, 6.07) is 0.855. The fourth-order valence-electron chi connectivity index (χ4n) is 4.36. The van der Waals surface area contributed by atoms with Gasteiger partial charge in [-0.2, -0.15) is 0 Å². The topological polar surface area (TPSA) is 6.48 Å². The Bertz CT molecular complexity index is 276. The third-order valence-corrected chi connectivity index (χ3v) is 6.51. The Morgan fingerprint density at radius 3 is 2.45 bits per heavy atom. The van der Waals surface area contributed by atoms with Crippen LogP contribution in [0.5, 0.6) is 0 Å². The predicted molar refractivity (Wildman–Crippen MR) is 91.7 cm³/mol. The standard InChI is InChI=1S/C17H33BrN2/c1-3-8-17(14-18,9-4-2)15-19-11-12-20-10-6-5-7-16(20)13-19/h16H,3-15H2,1-2H3. The molecule has 0 radical (unpaired) electrons. The fourth-order valence-corrected chi connectivity index (χ4v) is 5.10. The van der Waals surface area contributed by atoms with Gasteiger partial charge >= 0.3 is 0 Å². The van der Waals surface area contributed by atoms with Crippen LogP contribution in [0.15, 0.2) is 0 Å². The summed E-state index contributed by atoms with van der Waals surface area (Å²) < 4.78 is 0. The van der Waals surface area contributed by atoms with E-state index in [1.165, 1.54) is 83.0 Å². The average molecular weight is 345 g/mol. The molecule has 1 atom stereocenters. The van der Waals surface area contributed by atoms with Crippen molar-refractivity contribution in [1.29, 1.82) is 0 Å². The highest BCUT2D eigenvalue weighted by Gasteiger charge is 2.34. The number of hydrogen-bond acceptors (Lipinski definition) is 2. The number of rotatable bonds is 7. The van der Waals surface area contributed by atoms with Crippen LogP contribution in [0.1, 0.15) is 58.8 Å². The highest BCUT2D eigenvalue weighted by molar-refractivity contribution is 9.09. The van der Waals surface area contributed by atoms with Crippen molar-refractivity contribution in [2.45, 2.75) is 64.8 Å². The Morgan fingerprint density at radius 2 is 1.80 bits per heavy atom. The van der Waals surface area contributed by atoms with E-state index in [9.17, 15) is 0 Å². The van der Waals surface area contributed by atoms with E-state index in [4.69, 9.17) is 0 Å². The first-order valence-electron chi connectivity index (χ1n) is 8.75. The number of hydrogen-bond donors (Lipinski definition) is 0. The molecule has 0 amide bonds. The number of alkyl halides is 1. The number of halogens is 1. The van der Waals surface area contributed by atoms with Crippen molar-refractivity contribution in [1.82, 2.24) is 9.80 Å². The van der Waals surface area contributed by atoms with Crippen molar-refractivity contribution in [2.75, 3.05) is 38.1 Å². The third kappa shape index (κ3) is 4.20. The molecule has 0 N–H and O–H groups in total. The molecule has 0 saturated carbocycles. The van der Waals surface area contributed by atoms with E-state index >= 15 is 0 Å². The van der Waals surface area contributed by atoms with Gasteiger partial charge in [-0.3, -0.25) is 9.80 Å². The highest BCUT2D eigenvalue weighted by Crippen LogP contribution is 2.34. The van der Waals surface area contributed by atoms with Crippen molar-refractivity contribution in [2.24, 2.45) is 5.41 Å². The van der Waals surface area contributed by atoms with Crippen molar-refractivity contribution >= 4 is 15.9 Å². The first kappa shape index (κ1) is 16.8. The molecule has 0 aromatic rings. The number of fused-ring (bicyclic) bond motifs is 1. The lowest BCUT2D eigenvalue weighted by molar-refractivity contribution is 0.0261. The Labute approximate surface area is 134 Å². The van der Waals surface area contributed by atoms with Gasteiger partial charge in [0.05, 0.1) is 0 Å². The van der Waals surface area contributed by atoms with Gasteiger partial charge in [-0.15, -0.1) is 0 Å². The first-order valence-corrected chi connectivity index (χ1v) is 9.87. The summed E-state index contributed by atoms with van der Waals surface area (Å²) in [6.45, 7) is 11.3. The van der Waals surface area contributed by atoms with Gasteiger partial charge in [0.25, 0.3) is 0 Å². The molecule has 0 aromatic carbocycles. The molecule has 2 fully saturated rings. The maximum Gasteiger partial charge on any atom is 0.0223 e. The summed E-state index contributed by atoms with van der Waals surface area (Å²) in [5.74, 6) is 0. The monoisotopic (exact) mass is 344 g/mol. The molecule has 2 rings (SSSR count). The van der Waals surface area contributed by atoms with E-state index < -0.39 is 0 Å². The van der Waals surface area contributed by atoms with Gasteiger partial charge in [0, 0.05) is 37.6 Å². The Hall–Kier alpha value is 0.400. The molecule has 118 valence electrons. The zero-order valence-electron chi connectivity index (χ0n) is 13.5. The van der Waals surface area contributed by atoms with Gasteiger partial charge in [-0.1, -0.05) is 49.0 Å². The lowest BCUT2D eigenvalue weighted by atomic mass is 9.80. The van der Waals surface area contributed by atoms with Gasteiger partial charge in [0.1, 0.15) is 0 Å². The summed E-state index contributed by atoms with van der Waals surface area (Å²) in [6.07, 6.45) is 9.67. The zero-order valence-corrected chi connectivity index (χ0v) is 15.1. The lowest BCUT2D eigenvalue weighted by Gasteiger charge is -2.47. The van der Waals surface area contributed by atoms with E-state index in [1.54, 1.807) is 0 Å². The van der Waals surface area contributed by atoms with Gasteiger partial charge in [0.15, 0.2) is 0 Å². The smallest absolute Gasteiger partial charge is 0.0223 e. The van der Waals surface area contributed by atoms with Crippen LogP contribution in [0.4, 0.5) is 0 Å². The van der Waals surface area contributed by atoms with Crippen LogP contribution in [-0.4, -0.2) is 53.9 Å². The number of piperidine rings is 1. The van der Waals surface area contributed by atoms with E-state index in [1.807, 2.05) is 0 Å². The van der Waals surface area contributed by atoms with E-state index in [-0.39, 0.29) is 0 Å². The molecule has 0 aliphatic carbocycles. The van der Waals surface area contributed by atoms with Crippen LogP contribution >= 0.6 is 15.9 Å². The quantitative estimate of drug-likeness (QED) is 0.640. The predicted octanol–water partition coefficient (Wildman–Crippen LogP) is 4.14. The van der Waals surface area contributed by atoms with Gasteiger partial charge in [-0.25, -0.2) is 0 Å². The van der Waals surface area contributed by atoms with Crippen LogP contribution in [0.2, 0.25) is 0 Å². The SMILES string of the molecule is CCCC(CBr)(CCC)CN1CCN2CCCCC2C1. The summed E-state index contributed by atoms with van der Waals surface area (Å²) in [5.41, 5.74) is 0.514. The largest absolute Gasteiger partial charge is 0.300 e. The number of piperazine rings is 1. The van der Waals surface area contributed by atoms with Crippen LogP contribution in [-0.2, 0) is 0 Å². The van der Waals surface area contributed by atoms with Crippen LogP contribution in [0.3, 0.4) is 0 Å². The normalized spacial score (nSPS) is 25.6. The number of nitrogens with zero attached hydrogens (tertiary/aromatic N) is 2. The van der Waals surface area contributed by atoms with Crippen LogP contribution in [0.25, 0.3) is 0 Å². The molecule has 2 aliphatic rings. The maximum absolute atomic E-state index is 3.83. The van der Waals surface area contributed by atoms with Gasteiger partial charge < -0.3 is 0 Å². The van der Waals surface area contributed by atoms with Crippen molar-refractivity contribution in [3.05, 3.63) is 0 Å². The molecule has 1 unspecified atom stereocenters. The Kier molecular flexibility index (Phi) is 6.83. The summed E-state index contributed by atoms with van der Waals surface area (Å²) >= 11 is 3.83. The second-order valence-corrected chi connectivity index (χ2v) is 7.62.